The number of hydrogen-bond acceptors (Lipinski definition) is 2. The smallest absolute Gasteiger partial charge is 0.226 e. The van der Waals surface area contributed by atoms with E-state index in [2.05, 4.69) is 19.1 Å². The first-order chi connectivity index (χ1) is 11.6. The number of carbonyl (C=O) groups excluding carboxylic acids is 1. The van der Waals surface area contributed by atoms with Crippen LogP contribution in [0.5, 0.6) is 0 Å². The molecule has 0 spiro atoms. The molecule has 1 aliphatic rings. The third-order valence-corrected chi connectivity index (χ3v) is 4.72. The average molecular weight is 327 g/mol. The number of amides is 1. The summed E-state index contributed by atoms with van der Waals surface area (Å²) in [7, 11) is 0. The third-order valence-electron chi connectivity index (χ3n) is 4.72. The number of halogens is 1. The largest absolute Gasteiger partial charge is 0.388 e. The molecule has 1 aliphatic heterocycles. The summed E-state index contributed by atoms with van der Waals surface area (Å²) in [5, 5.41) is 10.3. The maximum absolute atomic E-state index is 13.3. The van der Waals surface area contributed by atoms with Gasteiger partial charge in [-0.05, 0) is 41.7 Å². The fourth-order valence-electron chi connectivity index (χ4n) is 3.50. The molecule has 0 fully saturated rings. The second-order valence-electron chi connectivity index (χ2n) is 6.23. The van der Waals surface area contributed by atoms with Gasteiger partial charge in [0.1, 0.15) is 5.82 Å². The lowest BCUT2D eigenvalue weighted by Crippen LogP contribution is -2.40. The predicted molar refractivity (Wildman–Crippen MR) is 90.9 cm³/mol. The lowest BCUT2D eigenvalue weighted by Gasteiger charge is -2.37. The molecule has 0 aliphatic carbocycles. The first kappa shape index (κ1) is 16.7. The Morgan fingerprint density at radius 3 is 2.83 bits per heavy atom. The molecule has 3 nitrogen and oxygen atoms in total. The van der Waals surface area contributed by atoms with Gasteiger partial charge in [0.25, 0.3) is 0 Å². The predicted octanol–water partition coefficient (Wildman–Crippen LogP) is 3.79. The van der Waals surface area contributed by atoms with E-state index in [0.29, 0.717) is 12.1 Å². The molecule has 2 atom stereocenters. The van der Waals surface area contributed by atoms with Crippen LogP contribution >= 0.6 is 0 Å². The zero-order valence-corrected chi connectivity index (χ0v) is 13.8. The van der Waals surface area contributed by atoms with Crippen LogP contribution in [0, 0.1) is 5.82 Å². The highest BCUT2D eigenvalue weighted by atomic mass is 19.1. The minimum atomic E-state index is -0.983. The topological polar surface area (TPSA) is 40.5 Å². The first-order valence-electron chi connectivity index (χ1n) is 8.41. The first-order valence-corrected chi connectivity index (χ1v) is 8.41. The standard InChI is InChI=1S/C20H22FNO2/c1-2-18-17-9-4-3-6-14(17)10-11-22(18)20(24)13-19(23)15-7-5-8-16(21)12-15/h3-9,12,18-19,23H,2,10-11,13H2,1H3. The van der Waals surface area contributed by atoms with Gasteiger partial charge in [0.15, 0.2) is 0 Å². The van der Waals surface area contributed by atoms with Gasteiger partial charge in [0.2, 0.25) is 5.91 Å². The van der Waals surface area contributed by atoms with Crippen molar-refractivity contribution in [2.24, 2.45) is 0 Å². The van der Waals surface area contributed by atoms with E-state index in [1.807, 2.05) is 17.0 Å². The molecule has 0 saturated carbocycles. The van der Waals surface area contributed by atoms with Crippen molar-refractivity contribution in [2.75, 3.05) is 6.54 Å². The van der Waals surface area contributed by atoms with E-state index in [4.69, 9.17) is 0 Å². The lowest BCUT2D eigenvalue weighted by molar-refractivity contribution is -0.136. The van der Waals surface area contributed by atoms with Gasteiger partial charge in [-0.25, -0.2) is 4.39 Å². The summed E-state index contributed by atoms with van der Waals surface area (Å²) in [4.78, 5) is 14.6. The Hall–Kier alpha value is -2.20. The second kappa shape index (κ2) is 7.14. The molecule has 2 aromatic rings. The van der Waals surface area contributed by atoms with Gasteiger partial charge >= 0.3 is 0 Å². The molecule has 0 saturated heterocycles. The van der Waals surface area contributed by atoms with Crippen LogP contribution < -0.4 is 0 Å². The maximum Gasteiger partial charge on any atom is 0.226 e. The van der Waals surface area contributed by atoms with Gasteiger partial charge in [-0.1, -0.05) is 43.3 Å². The van der Waals surface area contributed by atoms with Gasteiger partial charge in [-0.3, -0.25) is 4.79 Å². The Bertz CT molecular complexity index is 731. The van der Waals surface area contributed by atoms with Crippen LogP contribution in [-0.4, -0.2) is 22.5 Å². The van der Waals surface area contributed by atoms with Crippen molar-refractivity contribution in [1.82, 2.24) is 4.90 Å². The molecule has 4 heteroatoms. The molecule has 24 heavy (non-hydrogen) atoms. The van der Waals surface area contributed by atoms with Crippen molar-refractivity contribution in [2.45, 2.75) is 38.3 Å². The van der Waals surface area contributed by atoms with Crippen LogP contribution in [0.15, 0.2) is 48.5 Å². The summed E-state index contributed by atoms with van der Waals surface area (Å²) >= 11 is 0. The quantitative estimate of drug-likeness (QED) is 0.928. The van der Waals surface area contributed by atoms with E-state index >= 15 is 0 Å². The summed E-state index contributed by atoms with van der Waals surface area (Å²) in [6, 6.07) is 14.0. The molecule has 0 radical (unpaired) electrons. The van der Waals surface area contributed by atoms with Crippen LogP contribution in [-0.2, 0) is 11.2 Å². The minimum Gasteiger partial charge on any atom is -0.388 e. The number of benzene rings is 2. The fourth-order valence-corrected chi connectivity index (χ4v) is 3.50. The van der Waals surface area contributed by atoms with Crippen molar-refractivity contribution in [3.8, 4) is 0 Å². The summed E-state index contributed by atoms with van der Waals surface area (Å²) < 4.78 is 13.3. The number of rotatable bonds is 4. The molecule has 0 aromatic heterocycles. The summed E-state index contributed by atoms with van der Waals surface area (Å²) in [6.45, 7) is 2.72. The van der Waals surface area contributed by atoms with Crippen LogP contribution in [0.25, 0.3) is 0 Å². The van der Waals surface area contributed by atoms with Gasteiger partial charge in [-0.2, -0.15) is 0 Å². The van der Waals surface area contributed by atoms with E-state index in [1.165, 1.54) is 23.3 Å². The number of aliphatic hydroxyl groups is 1. The van der Waals surface area contributed by atoms with Crippen LogP contribution in [0.3, 0.4) is 0 Å². The monoisotopic (exact) mass is 327 g/mol. The van der Waals surface area contributed by atoms with E-state index in [0.717, 1.165) is 12.8 Å². The van der Waals surface area contributed by atoms with Crippen LogP contribution in [0.1, 0.15) is 48.6 Å². The highest BCUT2D eigenvalue weighted by Gasteiger charge is 2.30. The third kappa shape index (κ3) is 3.34. The zero-order chi connectivity index (χ0) is 17.1. The molecule has 2 aromatic carbocycles. The van der Waals surface area contributed by atoms with Gasteiger partial charge in [-0.15, -0.1) is 0 Å². The SMILES string of the molecule is CCC1c2ccccc2CCN1C(=O)CC(O)c1cccc(F)c1. The van der Waals surface area contributed by atoms with Crippen molar-refractivity contribution < 1.29 is 14.3 Å². The van der Waals surface area contributed by atoms with Crippen LogP contribution in [0.2, 0.25) is 0 Å². The molecule has 1 heterocycles. The van der Waals surface area contributed by atoms with E-state index in [9.17, 15) is 14.3 Å². The van der Waals surface area contributed by atoms with Crippen molar-refractivity contribution >= 4 is 5.91 Å². The summed E-state index contributed by atoms with van der Waals surface area (Å²) in [6.07, 6.45) is 0.651. The molecule has 1 N–H and O–H groups in total. The number of aliphatic hydroxyl groups excluding tert-OH is 1. The van der Waals surface area contributed by atoms with Gasteiger partial charge in [0, 0.05) is 6.54 Å². The van der Waals surface area contributed by atoms with Crippen LogP contribution in [0.4, 0.5) is 4.39 Å². The summed E-state index contributed by atoms with van der Waals surface area (Å²) in [5.74, 6) is -0.495. The number of hydrogen-bond donors (Lipinski definition) is 1. The van der Waals surface area contributed by atoms with Crippen molar-refractivity contribution in [3.63, 3.8) is 0 Å². The van der Waals surface area contributed by atoms with Crippen molar-refractivity contribution in [3.05, 3.63) is 71.0 Å². The second-order valence-corrected chi connectivity index (χ2v) is 6.23. The molecule has 126 valence electrons. The average Bonchev–Trinajstić information content (AvgIpc) is 2.60. The number of nitrogens with zero attached hydrogens (tertiary/aromatic N) is 1. The maximum atomic E-state index is 13.3. The lowest BCUT2D eigenvalue weighted by atomic mass is 9.90. The molecular formula is C20H22FNO2. The highest BCUT2D eigenvalue weighted by molar-refractivity contribution is 5.78. The number of carbonyl (C=O) groups is 1. The summed E-state index contributed by atoms with van der Waals surface area (Å²) in [5.41, 5.74) is 2.92. The minimum absolute atomic E-state index is 0.0257. The Labute approximate surface area is 141 Å². The molecule has 3 rings (SSSR count). The normalized spacial score (nSPS) is 18.1. The van der Waals surface area contributed by atoms with E-state index in [1.54, 1.807) is 12.1 Å². The van der Waals surface area contributed by atoms with Crippen molar-refractivity contribution in [1.29, 1.82) is 0 Å². The Balaban J connectivity index is 1.75. The fraction of sp³-hybridized carbons (Fsp3) is 0.350. The van der Waals surface area contributed by atoms with Gasteiger partial charge in [0.05, 0.1) is 18.6 Å². The number of fused-ring (bicyclic) bond motifs is 1. The molecular weight excluding hydrogens is 305 g/mol. The zero-order valence-electron chi connectivity index (χ0n) is 13.8. The highest BCUT2D eigenvalue weighted by Crippen LogP contribution is 2.33. The molecule has 2 unspecified atom stereocenters. The van der Waals surface area contributed by atoms with E-state index < -0.39 is 11.9 Å². The Morgan fingerprint density at radius 1 is 1.29 bits per heavy atom. The molecule has 1 amide bonds. The van der Waals surface area contributed by atoms with E-state index in [-0.39, 0.29) is 18.4 Å². The molecule has 0 bridgehead atoms. The Kier molecular flexibility index (Phi) is 4.95. The van der Waals surface area contributed by atoms with Gasteiger partial charge < -0.3 is 10.0 Å². The Morgan fingerprint density at radius 2 is 2.08 bits per heavy atom.